The summed E-state index contributed by atoms with van der Waals surface area (Å²) in [5.74, 6) is 3.01. The molecule has 4 aliphatic carbocycles. The van der Waals surface area contributed by atoms with E-state index in [1.807, 2.05) is 0 Å². The van der Waals surface area contributed by atoms with E-state index in [9.17, 15) is 0 Å². The van der Waals surface area contributed by atoms with Crippen LogP contribution >= 0.6 is 0 Å². The molecule has 6 atom stereocenters. The average Bonchev–Trinajstić information content (AvgIpc) is 3.11. The van der Waals surface area contributed by atoms with Crippen LogP contribution in [0, 0.1) is 51.4 Å². The van der Waals surface area contributed by atoms with Crippen molar-refractivity contribution in [3.8, 4) is 0 Å². The molecule has 2 saturated carbocycles. The third-order valence-electron chi connectivity index (χ3n) is 6.47. The van der Waals surface area contributed by atoms with Gasteiger partial charge in [0.2, 0.25) is 0 Å². The van der Waals surface area contributed by atoms with E-state index in [1.165, 1.54) is 12.8 Å². The molecule has 2 fully saturated rings. The van der Waals surface area contributed by atoms with E-state index in [-0.39, 0.29) is 40.7 Å². The largest absolute Gasteiger partial charge is 4.00 e. The minimum atomic E-state index is -1.26. The molecule has 0 N–H and O–H groups in total. The maximum atomic E-state index is 2.71. The van der Waals surface area contributed by atoms with Gasteiger partial charge in [-0.2, -0.15) is 11.1 Å². The maximum absolute atomic E-state index is 2.71. The Labute approximate surface area is 170 Å². The van der Waals surface area contributed by atoms with Crippen LogP contribution in [0.4, 0.5) is 0 Å². The van der Waals surface area contributed by atoms with E-state index in [0.29, 0.717) is 0 Å². The molecule has 0 aromatic carbocycles. The molecule has 0 nitrogen and oxygen atoms in total. The first kappa shape index (κ1) is 22.1. The van der Waals surface area contributed by atoms with Crippen LogP contribution in [-0.2, 0) is 25.8 Å². The van der Waals surface area contributed by atoms with E-state index >= 15 is 0 Å². The van der Waals surface area contributed by atoms with Crippen LogP contribution in [0.3, 0.4) is 0 Å². The summed E-state index contributed by atoms with van der Waals surface area (Å²) in [6.07, 6.45) is 26.9. The molecule has 0 heterocycles. The minimum Gasteiger partial charge on any atom is -0.358 e. The number of fused-ring (bicyclic) bond motifs is 2. The Balaban J connectivity index is 0.000000960. The smallest absolute Gasteiger partial charge is 0.358 e. The van der Waals surface area contributed by atoms with Crippen molar-refractivity contribution in [1.29, 1.82) is 0 Å². The van der Waals surface area contributed by atoms with Crippen LogP contribution in [0.1, 0.15) is 12.8 Å². The van der Waals surface area contributed by atoms with E-state index in [1.54, 1.807) is 0 Å². The van der Waals surface area contributed by atoms with Crippen molar-refractivity contribution in [3.63, 3.8) is 0 Å². The Bertz CT molecular complexity index is 442. The summed E-state index contributed by atoms with van der Waals surface area (Å²) < 4.78 is 0. The predicted molar refractivity (Wildman–Crippen MR) is 106 cm³/mol. The first-order chi connectivity index (χ1) is 10.1. The summed E-state index contributed by atoms with van der Waals surface area (Å²) in [5.41, 5.74) is 1.77. The molecule has 0 bridgehead atoms. The standard InChI is InChI=1S/C20H26Si.2CH3.Hf/c1-21(2,19-11-15-7-3-4-8-16(15)12-19)20-13-17-9-5-6-10-18(17)14-20;;;/h3-11,13,15-20H,12,14H2,1-2H3;2*1H3;/q-2;2*-1;+4. The van der Waals surface area contributed by atoms with Crippen molar-refractivity contribution >= 4 is 8.07 Å². The fraction of sp³-hybridized carbons (Fsp3) is 0.455. The summed E-state index contributed by atoms with van der Waals surface area (Å²) in [5, 5.41) is 0. The van der Waals surface area contributed by atoms with Crippen molar-refractivity contribution in [1.82, 2.24) is 0 Å². The zero-order valence-electron chi connectivity index (χ0n) is 15.7. The summed E-state index contributed by atoms with van der Waals surface area (Å²) in [6, 6.07) is 0. The van der Waals surface area contributed by atoms with E-state index in [0.717, 1.165) is 34.8 Å². The van der Waals surface area contributed by atoms with Crippen LogP contribution < -0.4 is 0 Å². The second-order valence-corrected chi connectivity index (χ2v) is 13.0. The van der Waals surface area contributed by atoms with Gasteiger partial charge in [-0.1, -0.05) is 62.4 Å². The Morgan fingerprint density at radius 2 is 1.08 bits per heavy atom. The van der Waals surface area contributed by atoms with Crippen LogP contribution in [0.2, 0.25) is 24.2 Å². The summed E-state index contributed by atoms with van der Waals surface area (Å²) >= 11 is 0. The Hall–Kier alpha value is 0.0470. The van der Waals surface area contributed by atoms with Gasteiger partial charge in [-0.25, -0.2) is 0 Å². The summed E-state index contributed by atoms with van der Waals surface area (Å²) in [7, 11) is -1.26. The van der Waals surface area contributed by atoms with Crippen LogP contribution in [0.25, 0.3) is 0 Å². The molecule has 0 saturated heterocycles. The predicted octanol–water partition coefficient (Wildman–Crippen LogP) is 6.27. The van der Waals surface area contributed by atoms with Crippen LogP contribution in [-0.4, -0.2) is 8.07 Å². The molecule has 0 amide bonds. The fourth-order valence-corrected chi connectivity index (χ4v) is 8.63. The van der Waals surface area contributed by atoms with E-state index in [2.05, 4.69) is 74.5 Å². The molecular weight excluding hydrogens is 471 g/mol. The molecule has 0 radical (unpaired) electrons. The van der Waals surface area contributed by atoms with Crippen LogP contribution in [0.5, 0.6) is 0 Å². The molecule has 2 heteroatoms. The van der Waals surface area contributed by atoms with Gasteiger partial charge >= 0.3 is 25.8 Å². The zero-order valence-corrected chi connectivity index (χ0v) is 20.2. The summed E-state index contributed by atoms with van der Waals surface area (Å²) in [6.45, 7) is 5.29. The van der Waals surface area contributed by atoms with Crippen molar-refractivity contribution in [3.05, 3.63) is 76.3 Å². The molecule has 0 aromatic heterocycles. The Morgan fingerprint density at radius 1 is 0.708 bits per heavy atom. The number of allylic oxidation sites excluding steroid dienone is 8. The van der Waals surface area contributed by atoms with Gasteiger partial charge in [-0.15, -0.1) is 24.0 Å². The van der Waals surface area contributed by atoms with Crippen LogP contribution in [0.15, 0.2) is 48.6 Å². The maximum Gasteiger partial charge on any atom is 4.00 e. The normalized spacial score (nSPS) is 38.6. The third kappa shape index (κ3) is 3.90. The van der Waals surface area contributed by atoms with Gasteiger partial charge in [0.1, 0.15) is 0 Å². The van der Waals surface area contributed by atoms with Gasteiger partial charge in [0.25, 0.3) is 0 Å². The van der Waals surface area contributed by atoms with Crippen molar-refractivity contribution in [2.24, 2.45) is 23.7 Å². The number of hydrogen-bond donors (Lipinski definition) is 0. The second kappa shape index (κ2) is 8.62. The monoisotopic (exact) mass is 504 g/mol. The van der Waals surface area contributed by atoms with Gasteiger partial charge in [-0.05, 0) is 19.9 Å². The van der Waals surface area contributed by atoms with Crippen molar-refractivity contribution in [2.45, 2.75) is 37.0 Å². The zero-order chi connectivity index (χ0) is 14.4. The Kier molecular flexibility index (Phi) is 7.93. The van der Waals surface area contributed by atoms with E-state index in [4.69, 9.17) is 0 Å². The molecule has 0 spiro atoms. The summed E-state index contributed by atoms with van der Waals surface area (Å²) in [4.78, 5) is 0. The third-order valence-corrected chi connectivity index (χ3v) is 11.1. The molecule has 4 rings (SSSR count). The van der Waals surface area contributed by atoms with Crippen molar-refractivity contribution < 1.29 is 25.8 Å². The van der Waals surface area contributed by atoms with E-state index < -0.39 is 8.07 Å². The molecule has 0 aliphatic heterocycles. The topological polar surface area (TPSA) is 0 Å². The second-order valence-electron chi connectivity index (χ2n) is 7.91. The SMILES string of the molecule is C[Si](C)(C1[CH-]C2C=CC=CC2C1)C1[CH-]C2C=CC=CC2C1.[CH3-].[CH3-].[Hf+4]. The van der Waals surface area contributed by atoms with Gasteiger partial charge in [0, 0.05) is 0 Å². The Morgan fingerprint density at radius 3 is 1.46 bits per heavy atom. The van der Waals surface area contributed by atoms with Crippen molar-refractivity contribution in [2.75, 3.05) is 0 Å². The quantitative estimate of drug-likeness (QED) is 0.308. The number of rotatable bonds is 2. The molecule has 4 aliphatic rings. The van der Waals surface area contributed by atoms with Gasteiger partial charge in [0.05, 0.1) is 0 Å². The molecule has 6 unspecified atom stereocenters. The molecule has 128 valence electrons. The molecular formula is C22H32HfSi. The molecule has 0 aromatic rings. The first-order valence-corrected chi connectivity index (χ1v) is 11.7. The van der Waals surface area contributed by atoms with Gasteiger partial charge in [-0.3, -0.25) is 0 Å². The van der Waals surface area contributed by atoms with Gasteiger partial charge in [0.15, 0.2) is 0 Å². The minimum absolute atomic E-state index is 0. The fourth-order valence-electron chi connectivity index (χ4n) is 4.88. The number of hydrogen-bond acceptors (Lipinski definition) is 0. The van der Waals surface area contributed by atoms with Gasteiger partial charge < -0.3 is 27.7 Å². The first-order valence-electron chi connectivity index (χ1n) is 8.54. The molecule has 24 heavy (non-hydrogen) atoms. The average molecular weight is 503 g/mol.